The lowest BCUT2D eigenvalue weighted by Crippen LogP contribution is -2.37. The van der Waals surface area contributed by atoms with Crippen molar-refractivity contribution in [1.82, 2.24) is 0 Å². The topological polar surface area (TPSA) is 60.4 Å². The number of rotatable bonds is 4. The molecular formula is C24H15BrCl2O4. The van der Waals surface area contributed by atoms with E-state index in [4.69, 9.17) is 27.9 Å². The molecule has 0 bridgehead atoms. The highest BCUT2D eigenvalue weighted by Crippen LogP contribution is 2.45. The number of Topliss-reactive ketones (excluding diaryl/α,β-unsaturated/α-hetero) is 1. The van der Waals surface area contributed by atoms with E-state index in [1.54, 1.807) is 60.7 Å². The van der Waals surface area contributed by atoms with Crippen molar-refractivity contribution in [1.29, 1.82) is 0 Å². The molecule has 0 N–H and O–H groups in total. The second-order valence-corrected chi connectivity index (χ2v) is 8.84. The zero-order valence-corrected chi connectivity index (χ0v) is 19.3. The summed E-state index contributed by atoms with van der Waals surface area (Å²) in [5.41, 5.74) is 1.92. The van der Waals surface area contributed by atoms with Crippen molar-refractivity contribution in [2.45, 2.75) is 18.9 Å². The van der Waals surface area contributed by atoms with E-state index in [2.05, 4.69) is 15.9 Å². The van der Waals surface area contributed by atoms with Crippen molar-refractivity contribution in [3.05, 3.63) is 103 Å². The summed E-state index contributed by atoms with van der Waals surface area (Å²) in [6.45, 7) is 1.24. The SMILES string of the molecule is CC(=O)OC(C(=O)c1ccc(Br)cc1)C1c2cccc(Cl)c2C(=O)c2cccc(Cl)c21. The van der Waals surface area contributed by atoms with Gasteiger partial charge in [0, 0.05) is 33.1 Å². The van der Waals surface area contributed by atoms with Crippen LogP contribution < -0.4 is 0 Å². The molecule has 156 valence electrons. The van der Waals surface area contributed by atoms with Gasteiger partial charge in [0.05, 0.1) is 10.9 Å². The first-order valence-corrected chi connectivity index (χ1v) is 10.9. The van der Waals surface area contributed by atoms with Gasteiger partial charge in [-0.25, -0.2) is 0 Å². The third-order valence-corrected chi connectivity index (χ3v) is 6.37. The summed E-state index contributed by atoms with van der Waals surface area (Å²) >= 11 is 16.2. The van der Waals surface area contributed by atoms with Gasteiger partial charge in [0.25, 0.3) is 0 Å². The van der Waals surface area contributed by atoms with Crippen LogP contribution in [0.3, 0.4) is 0 Å². The molecule has 0 saturated carbocycles. The minimum Gasteiger partial charge on any atom is -0.453 e. The molecule has 0 saturated heterocycles. The molecule has 0 spiro atoms. The summed E-state index contributed by atoms with van der Waals surface area (Å²) in [6, 6.07) is 16.7. The fourth-order valence-corrected chi connectivity index (χ4v) is 4.75. The smallest absolute Gasteiger partial charge is 0.303 e. The van der Waals surface area contributed by atoms with Gasteiger partial charge in [0.15, 0.2) is 11.9 Å². The quantitative estimate of drug-likeness (QED) is 0.303. The van der Waals surface area contributed by atoms with E-state index in [-0.39, 0.29) is 16.4 Å². The fourth-order valence-electron chi connectivity index (χ4n) is 3.93. The maximum Gasteiger partial charge on any atom is 0.303 e. The summed E-state index contributed by atoms with van der Waals surface area (Å²) in [4.78, 5) is 38.8. The Hall–Kier alpha value is -2.47. The lowest BCUT2D eigenvalue weighted by molar-refractivity contribution is -0.144. The first-order valence-electron chi connectivity index (χ1n) is 9.38. The number of carbonyl (C=O) groups is 3. The van der Waals surface area contributed by atoms with E-state index < -0.39 is 23.8 Å². The molecule has 0 aromatic heterocycles. The molecule has 0 radical (unpaired) electrons. The molecule has 1 aliphatic carbocycles. The number of ketones is 2. The molecule has 7 heteroatoms. The predicted octanol–water partition coefficient (Wildman–Crippen LogP) is 6.25. The van der Waals surface area contributed by atoms with E-state index >= 15 is 0 Å². The molecule has 2 unspecified atom stereocenters. The first-order chi connectivity index (χ1) is 14.8. The molecule has 3 aromatic carbocycles. The van der Waals surface area contributed by atoms with Crippen LogP contribution >= 0.6 is 39.1 Å². The van der Waals surface area contributed by atoms with E-state index in [0.29, 0.717) is 27.3 Å². The number of hydrogen-bond donors (Lipinski definition) is 0. The first kappa shape index (κ1) is 21.8. The van der Waals surface area contributed by atoms with Crippen LogP contribution in [0.4, 0.5) is 0 Å². The zero-order valence-electron chi connectivity index (χ0n) is 16.2. The van der Waals surface area contributed by atoms with E-state index in [1.807, 2.05) is 0 Å². The second-order valence-electron chi connectivity index (χ2n) is 7.11. The average Bonchev–Trinajstić information content (AvgIpc) is 2.73. The molecule has 0 heterocycles. The van der Waals surface area contributed by atoms with Crippen molar-refractivity contribution in [3.8, 4) is 0 Å². The van der Waals surface area contributed by atoms with Crippen molar-refractivity contribution < 1.29 is 19.1 Å². The van der Waals surface area contributed by atoms with Crippen LogP contribution in [-0.2, 0) is 9.53 Å². The summed E-state index contributed by atoms with van der Waals surface area (Å²) in [6.07, 6.45) is -1.23. The molecule has 0 fully saturated rings. The van der Waals surface area contributed by atoms with Gasteiger partial charge in [0.2, 0.25) is 5.78 Å². The molecule has 4 nitrogen and oxygen atoms in total. The number of hydrogen-bond acceptors (Lipinski definition) is 4. The average molecular weight is 518 g/mol. The third kappa shape index (κ3) is 3.93. The molecule has 1 aliphatic rings. The van der Waals surface area contributed by atoms with Crippen LogP contribution in [0.25, 0.3) is 0 Å². The lowest BCUT2D eigenvalue weighted by atomic mass is 9.73. The van der Waals surface area contributed by atoms with Gasteiger partial charge in [-0.1, -0.05) is 75.5 Å². The van der Waals surface area contributed by atoms with Crippen LogP contribution in [0.15, 0.2) is 65.1 Å². The van der Waals surface area contributed by atoms with E-state index in [1.165, 1.54) is 6.92 Å². The third-order valence-electron chi connectivity index (χ3n) is 5.20. The molecule has 3 aromatic rings. The predicted molar refractivity (Wildman–Crippen MR) is 122 cm³/mol. The van der Waals surface area contributed by atoms with Gasteiger partial charge in [-0.2, -0.15) is 0 Å². The molecule has 4 rings (SSSR count). The maximum absolute atomic E-state index is 13.5. The number of fused-ring (bicyclic) bond motifs is 2. The molecule has 0 amide bonds. The van der Waals surface area contributed by atoms with Crippen LogP contribution in [0.1, 0.15) is 50.2 Å². The number of benzene rings is 3. The fraction of sp³-hybridized carbons (Fsp3) is 0.125. The highest BCUT2D eigenvalue weighted by molar-refractivity contribution is 9.10. The minimum atomic E-state index is -1.23. The largest absolute Gasteiger partial charge is 0.453 e. The maximum atomic E-state index is 13.5. The van der Waals surface area contributed by atoms with Crippen LogP contribution in [0.2, 0.25) is 10.0 Å². The molecule has 2 atom stereocenters. The summed E-state index contributed by atoms with van der Waals surface area (Å²) in [5, 5.41) is 0.568. The summed E-state index contributed by atoms with van der Waals surface area (Å²) in [7, 11) is 0. The Morgan fingerprint density at radius 3 is 2.29 bits per heavy atom. The van der Waals surface area contributed by atoms with Crippen molar-refractivity contribution in [2.75, 3.05) is 0 Å². The highest BCUT2D eigenvalue weighted by atomic mass is 79.9. The Labute approximate surface area is 197 Å². The van der Waals surface area contributed by atoms with E-state index in [0.717, 1.165) is 4.47 Å². The summed E-state index contributed by atoms with van der Waals surface area (Å²) in [5.74, 6) is -2.11. The van der Waals surface area contributed by atoms with Gasteiger partial charge < -0.3 is 4.74 Å². The van der Waals surface area contributed by atoms with Gasteiger partial charge in [-0.05, 0) is 35.4 Å². The Morgan fingerprint density at radius 1 is 0.968 bits per heavy atom. The Morgan fingerprint density at radius 2 is 1.61 bits per heavy atom. The molecule has 31 heavy (non-hydrogen) atoms. The van der Waals surface area contributed by atoms with Crippen LogP contribution in [-0.4, -0.2) is 23.6 Å². The summed E-state index contributed by atoms with van der Waals surface area (Å²) < 4.78 is 6.37. The number of esters is 1. The monoisotopic (exact) mass is 516 g/mol. The van der Waals surface area contributed by atoms with E-state index in [9.17, 15) is 14.4 Å². The van der Waals surface area contributed by atoms with Gasteiger partial charge in [-0.15, -0.1) is 0 Å². The van der Waals surface area contributed by atoms with Crippen molar-refractivity contribution in [2.24, 2.45) is 0 Å². The van der Waals surface area contributed by atoms with Crippen LogP contribution in [0, 0.1) is 0 Å². The van der Waals surface area contributed by atoms with Gasteiger partial charge >= 0.3 is 5.97 Å². The standard InChI is InChI=1S/C24H15BrCl2O4/c1-12(28)31-24(22(29)13-8-10-14(25)11-9-13)21-15-4-2-7-18(27)20(15)23(30)16-5-3-6-17(26)19(16)21/h2-11,21,24H,1H3. The van der Waals surface area contributed by atoms with Crippen molar-refractivity contribution >= 4 is 56.7 Å². The number of carbonyl (C=O) groups excluding carboxylic acids is 3. The molecular weight excluding hydrogens is 503 g/mol. The molecule has 0 aliphatic heterocycles. The number of halogens is 3. The van der Waals surface area contributed by atoms with Crippen LogP contribution in [0.5, 0.6) is 0 Å². The number of ether oxygens (including phenoxy) is 1. The van der Waals surface area contributed by atoms with Crippen molar-refractivity contribution in [3.63, 3.8) is 0 Å². The lowest BCUT2D eigenvalue weighted by Gasteiger charge is -2.33. The normalized spacial score (nSPS) is 15.6. The zero-order chi connectivity index (χ0) is 22.3. The minimum absolute atomic E-state index is 0.260. The Balaban J connectivity index is 1.97. The Bertz CT molecular complexity index is 1220. The van der Waals surface area contributed by atoms with Gasteiger partial charge in [-0.3, -0.25) is 14.4 Å². The Kier molecular flexibility index (Phi) is 6.02. The second kappa shape index (κ2) is 8.58. The van der Waals surface area contributed by atoms with Gasteiger partial charge in [0.1, 0.15) is 0 Å². The highest BCUT2D eigenvalue weighted by Gasteiger charge is 2.43.